The van der Waals surface area contributed by atoms with Gasteiger partial charge in [-0.2, -0.15) is 0 Å². The Kier molecular flexibility index (Phi) is 3.36. The quantitative estimate of drug-likeness (QED) is 0.766. The first-order chi connectivity index (χ1) is 7.28. The van der Waals surface area contributed by atoms with Crippen molar-refractivity contribution in [1.29, 1.82) is 0 Å². The maximum absolute atomic E-state index is 8.92. The molecule has 0 aliphatic carbocycles. The van der Waals surface area contributed by atoms with Crippen molar-refractivity contribution in [3.05, 3.63) is 35.4 Å². The fraction of sp³-hybridized carbons (Fsp3) is 0.500. The SMILES string of the molecule is N[C@H]1CCN(Cc2ccc(CO)cc2)C1. The molecule has 82 valence electrons. The minimum absolute atomic E-state index is 0.120. The molecule has 0 spiro atoms. The van der Waals surface area contributed by atoms with Gasteiger partial charge in [0, 0.05) is 25.7 Å². The topological polar surface area (TPSA) is 49.5 Å². The molecule has 1 aliphatic rings. The van der Waals surface area contributed by atoms with Gasteiger partial charge in [-0.3, -0.25) is 4.90 Å². The summed E-state index contributed by atoms with van der Waals surface area (Å²) in [5, 5.41) is 8.92. The molecule has 3 heteroatoms. The highest BCUT2D eigenvalue weighted by Crippen LogP contribution is 2.12. The summed E-state index contributed by atoms with van der Waals surface area (Å²) in [7, 11) is 0. The summed E-state index contributed by atoms with van der Waals surface area (Å²) in [6.45, 7) is 3.19. The van der Waals surface area contributed by atoms with Crippen molar-refractivity contribution in [3.8, 4) is 0 Å². The van der Waals surface area contributed by atoms with Gasteiger partial charge in [0.15, 0.2) is 0 Å². The zero-order valence-corrected chi connectivity index (χ0v) is 8.89. The molecule has 3 N–H and O–H groups in total. The zero-order valence-electron chi connectivity index (χ0n) is 8.89. The number of hydrogen-bond acceptors (Lipinski definition) is 3. The maximum Gasteiger partial charge on any atom is 0.0681 e. The molecule has 2 rings (SSSR count). The van der Waals surface area contributed by atoms with Crippen LogP contribution in [0.2, 0.25) is 0 Å². The molecule has 0 saturated carbocycles. The first-order valence-electron chi connectivity index (χ1n) is 5.44. The summed E-state index contributed by atoms with van der Waals surface area (Å²) >= 11 is 0. The molecule has 3 nitrogen and oxygen atoms in total. The summed E-state index contributed by atoms with van der Waals surface area (Å²) in [6, 6.07) is 8.46. The number of nitrogens with two attached hydrogens (primary N) is 1. The van der Waals surface area contributed by atoms with Gasteiger partial charge in [0.25, 0.3) is 0 Å². The van der Waals surface area contributed by atoms with Crippen LogP contribution in [0.4, 0.5) is 0 Å². The minimum Gasteiger partial charge on any atom is -0.392 e. The largest absolute Gasteiger partial charge is 0.392 e. The minimum atomic E-state index is 0.120. The van der Waals surface area contributed by atoms with Crippen LogP contribution >= 0.6 is 0 Å². The number of benzene rings is 1. The van der Waals surface area contributed by atoms with E-state index in [9.17, 15) is 0 Å². The number of likely N-dealkylation sites (tertiary alicyclic amines) is 1. The van der Waals surface area contributed by atoms with E-state index in [1.807, 2.05) is 12.1 Å². The molecular weight excluding hydrogens is 188 g/mol. The van der Waals surface area contributed by atoms with Crippen molar-refractivity contribution in [3.63, 3.8) is 0 Å². The maximum atomic E-state index is 8.92. The van der Waals surface area contributed by atoms with Gasteiger partial charge in [-0.1, -0.05) is 24.3 Å². The van der Waals surface area contributed by atoms with Crippen molar-refractivity contribution in [2.45, 2.75) is 25.6 Å². The molecule has 1 aromatic carbocycles. The Balaban J connectivity index is 1.93. The van der Waals surface area contributed by atoms with E-state index < -0.39 is 0 Å². The molecule has 1 aliphatic heterocycles. The van der Waals surface area contributed by atoms with Crippen LogP contribution in [0.5, 0.6) is 0 Å². The number of rotatable bonds is 3. The third-order valence-electron chi connectivity index (χ3n) is 2.92. The van der Waals surface area contributed by atoms with E-state index in [2.05, 4.69) is 17.0 Å². The monoisotopic (exact) mass is 206 g/mol. The lowest BCUT2D eigenvalue weighted by Gasteiger charge is -2.15. The lowest BCUT2D eigenvalue weighted by molar-refractivity contribution is 0.281. The summed E-state index contributed by atoms with van der Waals surface area (Å²) in [5.74, 6) is 0. The van der Waals surface area contributed by atoms with Crippen molar-refractivity contribution < 1.29 is 5.11 Å². The number of nitrogens with zero attached hydrogens (tertiary/aromatic N) is 1. The van der Waals surface area contributed by atoms with Gasteiger partial charge in [-0.05, 0) is 17.5 Å². The third-order valence-corrected chi connectivity index (χ3v) is 2.92. The van der Waals surface area contributed by atoms with Gasteiger partial charge in [0.2, 0.25) is 0 Å². The van der Waals surface area contributed by atoms with E-state index in [0.717, 1.165) is 31.6 Å². The summed E-state index contributed by atoms with van der Waals surface area (Å²) < 4.78 is 0. The number of aliphatic hydroxyl groups excluding tert-OH is 1. The van der Waals surface area contributed by atoms with Crippen molar-refractivity contribution in [1.82, 2.24) is 4.90 Å². The summed E-state index contributed by atoms with van der Waals surface area (Å²) in [6.07, 6.45) is 1.11. The van der Waals surface area contributed by atoms with Gasteiger partial charge in [-0.15, -0.1) is 0 Å². The summed E-state index contributed by atoms with van der Waals surface area (Å²) in [4.78, 5) is 2.37. The van der Waals surface area contributed by atoms with E-state index in [-0.39, 0.29) is 6.61 Å². The lowest BCUT2D eigenvalue weighted by atomic mass is 10.1. The van der Waals surface area contributed by atoms with Crippen LogP contribution in [0.1, 0.15) is 17.5 Å². The Morgan fingerprint density at radius 3 is 2.47 bits per heavy atom. The van der Waals surface area contributed by atoms with Crippen LogP contribution < -0.4 is 5.73 Å². The fourth-order valence-electron chi connectivity index (χ4n) is 2.01. The predicted octanol–water partition coefficient (Wildman–Crippen LogP) is 0.712. The first-order valence-corrected chi connectivity index (χ1v) is 5.44. The Labute approximate surface area is 90.5 Å². The van der Waals surface area contributed by atoms with E-state index in [1.165, 1.54) is 5.56 Å². The second kappa shape index (κ2) is 4.75. The second-order valence-electron chi connectivity index (χ2n) is 4.26. The van der Waals surface area contributed by atoms with Gasteiger partial charge >= 0.3 is 0 Å². The van der Waals surface area contributed by atoms with Crippen LogP contribution in [0, 0.1) is 0 Å². The molecule has 1 fully saturated rings. The molecular formula is C12H18N2O. The molecule has 0 aromatic heterocycles. The van der Waals surface area contributed by atoms with E-state index >= 15 is 0 Å². The van der Waals surface area contributed by atoms with Crippen LogP contribution in [0.3, 0.4) is 0 Å². The average Bonchev–Trinajstić information content (AvgIpc) is 2.65. The van der Waals surface area contributed by atoms with Crippen LogP contribution in [0.25, 0.3) is 0 Å². The second-order valence-corrected chi connectivity index (χ2v) is 4.26. The molecule has 0 radical (unpaired) electrons. The van der Waals surface area contributed by atoms with Crippen molar-refractivity contribution in [2.75, 3.05) is 13.1 Å². The molecule has 1 saturated heterocycles. The van der Waals surface area contributed by atoms with Crippen LogP contribution in [-0.2, 0) is 13.2 Å². The molecule has 15 heavy (non-hydrogen) atoms. The number of aliphatic hydroxyl groups is 1. The molecule has 1 atom stereocenters. The predicted molar refractivity (Wildman–Crippen MR) is 60.2 cm³/mol. The third kappa shape index (κ3) is 2.78. The van der Waals surface area contributed by atoms with Crippen LogP contribution in [-0.4, -0.2) is 29.1 Å². The Morgan fingerprint density at radius 2 is 1.93 bits per heavy atom. The van der Waals surface area contributed by atoms with E-state index in [0.29, 0.717) is 6.04 Å². The van der Waals surface area contributed by atoms with E-state index in [4.69, 9.17) is 10.8 Å². The van der Waals surface area contributed by atoms with Crippen molar-refractivity contribution >= 4 is 0 Å². The molecule has 0 unspecified atom stereocenters. The van der Waals surface area contributed by atoms with E-state index in [1.54, 1.807) is 0 Å². The van der Waals surface area contributed by atoms with Gasteiger partial charge in [0.1, 0.15) is 0 Å². The fourth-order valence-corrected chi connectivity index (χ4v) is 2.01. The zero-order chi connectivity index (χ0) is 10.7. The van der Waals surface area contributed by atoms with Crippen LogP contribution in [0.15, 0.2) is 24.3 Å². The highest BCUT2D eigenvalue weighted by molar-refractivity contribution is 5.22. The number of hydrogen-bond donors (Lipinski definition) is 2. The molecule has 1 heterocycles. The van der Waals surface area contributed by atoms with Gasteiger partial charge < -0.3 is 10.8 Å². The normalized spacial score (nSPS) is 22.1. The standard InChI is InChI=1S/C12H18N2O/c13-12-5-6-14(8-12)7-10-1-3-11(9-15)4-2-10/h1-4,12,15H,5-9,13H2/t12-/m0/s1. The van der Waals surface area contributed by atoms with Gasteiger partial charge in [-0.25, -0.2) is 0 Å². The Morgan fingerprint density at radius 1 is 1.27 bits per heavy atom. The lowest BCUT2D eigenvalue weighted by Crippen LogP contribution is -2.26. The molecule has 1 aromatic rings. The summed E-state index contributed by atoms with van der Waals surface area (Å²) in [5.41, 5.74) is 8.11. The average molecular weight is 206 g/mol. The smallest absolute Gasteiger partial charge is 0.0681 e. The first kappa shape index (κ1) is 10.6. The highest BCUT2D eigenvalue weighted by Gasteiger charge is 2.18. The Hall–Kier alpha value is -0.900. The Bertz CT molecular complexity index is 310. The van der Waals surface area contributed by atoms with Crippen molar-refractivity contribution in [2.24, 2.45) is 5.73 Å². The molecule has 0 amide bonds. The molecule has 0 bridgehead atoms. The van der Waals surface area contributed by atoms with Gasteiger partial charge in [0.05, 0.1) is 6.61 Å². The highest BCUT2D eigenvalue weighted by atomic mass is 16.3.